The minimum Gasteiger partial charge on any atom is -0.366 e. The molecule has 0 saturated carbocycles. The van der Waals surface area contributed by atoms with Crippen molar-refractivity contribution in [1.29, 1.82) is 0 Å². The molecule has 0 aliphatic rings. The van der Waals surface area contributed by atoms with Crippen molar-refractivity contribution in [3.8, 4) is 0 Å². The van der Waals surface area contributed by atoms with Crippen molar-refractivity contribution >= 4 is 19.2 Å². The van der Waals surface area contributed by atoms with Crippen LogP contribution in [0.1, 0.15) is 40.5 Å². The molecule has 0 N–H and O–H groups in total. The van der Waals surface area contributed by atoms with E-state index in [-0.39, 0.29) is 0 Å². The first-order chi connectivity index (χ1) is 7.24. The van der Waals surface area contributed by atoms with Crippen LogP contribution in [0.4, 0.5) is 0 Å². The molecule has 0 aromatic carbocycles. The first-order valence-corrected chi connectivity index (χ1v) is 9.23. The summed E-state index contributed by atoms with van der Waals surface area (Å²) in [4.78, 5) is 0. The van der Waals surface area contributed by atoms with Crippen LogP contribution in [0.2, 0.25) is 0 Å². The maximum atomic E-state index is 5.71. The molecule has 15 heavy (non-hydrogen) atoms. The molecule has 0 aliphatic carbocycles. The van der Waals surface area contributed by atoms with Crippen LogP contribution in [0.15, 0.2) is 0 Å². The highest BCUT2D eigenvalue weighted by atomic mass is 32.4. The summed E-state index contributed by atoms with van der Waals surface area (Å²) in [5.41, 5.74) is 0. The smallest absolute Gasteiger partial charge is 0.366 e. The van der Waals surface area contributed by atoms with E-state index < -0.39 is 7.95 Å². The number of hydrogen-bond donors (Lipinski definition) is 0. The van der Waals surface area contributed by atoms with E-state index in [2.05, 4.69) is 6.92 Å². The minimum atomic E-state index is -2.42. The van der Waals surface area contributed by atoms with Gasteiger partial charge in [-0.3, -0.25) is 0 Å². The zero-order valence-electron chi connectivity index (χ0n) is 10.4. The predicted octanol–water partition coefficient (Wildman–Crippen LogP) is 3.06. The second-order valence-corrected chi connectivity index (χ2v) is 7.93. The number of hydrogen-bond acceptors (Lipinski definition) is 4. The van der Waals surface area contributed by atoms with E-state index in [1.54, 1.807) is 11.2 Å². The Bertz CT molecular complexity index is 130. The third kappa shape index (κ3) is 6.58. The van der Waals surface area contributed by atoms with E-state index in [1.807, 2.05) is 20.8 Å². The highest BCUT2D eigenvalue weighted by Gasteiger charge is 2.41. The van der Waals surface area contributed by atoms with Gasteiger partial charge in [-0.25, -0.2) is 0 Å². The fourth-order valence-corrected chi connectivity index (χ4v) is 6.36. The number of unbranched alkanes of at least 4 members (excludes halogenated alkanes) is 1. The van der Waals surface area contributed by atoms with E-state index in [0.717, 1.165) is 5.75 Å². The van der Waals surface area contributed by atoms with Crippen LogP contribution in [0.25, 0.3) is 0 Å². The van der Waals surface area contributed by atoms with Crippen LogP contribution in [0.5, 0.6) is 0 Å². The lowest BCUT2D eigenvalue weighted by atomic mass is 10.4. The first kappa shape index (κ1) is 15.4. The molecule has 0 aliphatic heterocycles. The van der Waals surface area contributed by atoms with Gasteiger partial charge in [0.05, 0.1) is 0 Å². The highest BCUT2D eigenvalue weighted by Crippen LogP contribution is 2.25. The monoisotopic (exact) mass is 252 g/mol. The minimum absolute atomic E-state index is 0.658. The molecule has 0 spiro atoms. The van der Waals surface area contributed by atoms with Crippen molar-refractivity contribution < 1.29 is 13.3 Å². The Morgan fingerprint density at radius 2 is 1.33 bits per heavy atom. The van der Waals surface area contributed by atoms with Crippen LogP contribution >= 0.6 is 11.2 Å². The van der Waals surface area contributed by atoms with Crippen LogP contribution < -0.4 is 0 Å². The van der Waals surface area contributed by atoms with Crippen LogP contribution in [-0.2, 0) is 13.3 Å². The molecule has 0 heterocycles. The van der Waals surface area contributed by atoms with E-state index in [0.29, 0.717) is 19.8 Å². The van der Waals surface area contributed by atoms with Gasteiger partial charge < -0.3 is 13.3 Å². The molecule has 0 aromatic rings. The molecule has 0 unspecified atom stereocenters. The van der Waals surface area contributed by atoms with Gasteiger partial charge in [-0.2, -0.15) is 0 Å². The lowest BCUT2D eigenvalue weighted by Crippen LogP contribution is -2.43. The molecule has 0 rings (SSSR count). The van der Waals surface area contributed by atoms with Crippen molar-refractivity contribution in [2.75, 3.05) is 25.6 Å². The average molecular weight is 252 g/mol. The van der Waals surface area contributed by atoms with E-state index in [9.17, 15) is 0 Å². The molecule has 0 radical (unpaired) electrons. The molecule has 3 nitrogen and oxygen atoms in total. The molecule has 0 bridgehead atoms. The van der Waals surface area contributed by atoms with Gasteiger partial charge in [0.2, 0.25) is 0 Å². The number of rotatable bonds is 10. The van der Waals surface area contributed by atoms with E-state index >= 15 is 0 Å². The third-order valence-electron chi connectivity index (χ3n) is 1.74. The summed E-state index contributed by atoms with van der Waals surface area (Å²) in [6.45, 7) is 10.1. The van der Waals surface area contributed by atoms with Gasteiger partial charge in [0.15, 0.2) is 0 Å². The van der Waals surface area contributed by atoms with Crippen molar-refractivity contribution in [2.45, 2.75) is 40.5 Å². The Morgan fingerprint density at radius 1 is 0.867 bits per heavy atom. The second kappa shape index (κ2) is 9.66. The summed E-state index contributed by atoms with van der Waals surface area (Å²) < 4.78 is 17.1. The SMILES string of the molecule is CCCCS[Si](OCC)(OCC)OCC. The van der Waals surface area contributed by atoms with Gasteiger partial charge in [0.25, 0.3) is 0 Å². The summed E-state index contributed by atoms with van der Waals surface area (Å²) in [5.74, 6) is 1.06. The van der Waals surface area contributed by atoms with Gasteiger partial charge in [-0.15, -0.1) is 0 Å². The molecule has 0 atom stereocenters. The molecule has 0 amide bonds. The van der Waals surface area contributed by atoms with Crippen LogP contribution in [0, 0.1) is 0 Å². The fourth-order valence-electron chi connectivity index (χ4n) is 1.12. The van der Waals surface area contributed by atoms with E-state index in [1.165, 1.54) is 12.8 Å². The summed E-state index contributed by atoms with van der Waals surface area (Å²) in [5, 5.41) is 0. The maximum Gasteiger partial charge on any atom is 0.573 e. The lowest BCUT2D eigenvalue weighted by Gasteiger charge is -2.27. The zero-order valence-corrected chi connectivity index (χ0v) is 12.2. The Hall–Kier alpha value is 0.447. The van der Waals surface area contributed by atoms with Gasteiger partial charge in [0, 0.05) is 19.8 Å². The van der Waals surface area contributed by atoms with Gasteiger partial charge in [-0.1, -0.05) is 24.6 Å². The van der Waals surface area contributed by atoms with E-state index in [4.69, 9.17) is 13.3 Å². The van der Waals surface area contributed by atoms with Crippen molar-refractivity contribution in [1.82, 2.24) is 0 Å². The first-order valence-electron chi connectivity index (χ1n) is 5.80. The van der Waals surface area contributed by atoms with Gasteiger partial charge in [0.1, 0.15) is 0 Å². The Labute approximate surface area is 98.9 Å². The quantitative estimate of drug-likeness (QED) is 0.441. The normalized spacial score (nSPS) is 12.0. The fraction of sp³-hybridized carbons (Fsp3) is 1.00. The molecular weight excluding hydrogens is 228 g/mol. The highest BCUT2D eigenvalue weighted by molar-refractivity contribution is 8.26. The van der Waals surface area contributed by atoms with Crippen LogP contribution in [-0.4, -0.2) is 33.5 Å². The van der Waals surface area contributed by atoms with Crippen LogP contribution in [0.3, 0.4) is 0 Å². The molecule has 5 heteroatoms. The Morgan fingerprint density at radius 3 is 1.67 bits per heavy atom. The second-order valence-electron chi connectivity index (χ2n) is 3.00. The summed E-state index contributed by atoms with van der Waals surface area (Å²) in [6.07, 6.45) is 2.38. The summed E-state index contributed by atoms with van der Waals surface area (Å²) in [6, 6.07) is 0. The molecule has 0 saturated heterocycles. The van der Waals surface area contributed by atoms with Gasteiger partial charge in [-0.05, 0) is 32.9 Å². The summed E-state index contributed by atoms with van der Waals surface area (Å²) in [7, 11) is -2.42. The van der Waals surface area contributed by atoms with Crippen molar-refractivity contribution in [3.05, 3.63) is 0 Å². The largest absolute Gasteiger partial charge is 0.573 e. The summed E-state index contributed by atoms with van der Waals surface area (Å²) >= 11 is 1.74. The molecular formula is C10H24O3SSi. The molecule has 0 fully saturated rings. The maximum absolute atomic E-state index is 5.71. The Balaban J connectivity index is 4.18. The van der Waals surface area contributed by atoms with Crippen molar-refractivity contribution in [2.24, 2.45) is 0 Å². The molecule has 0 aromatic heterocycles. The topological polar surface area (TPSA) is 27.7 Å². The third-order valence-corrected chi connectivity index (χ3v) is 7.25. The lowest BCUT2D eigenvalue weighted by molar-refractivity contribution is 0.0966. The average Bonchev–Trinajstić information content (AvgIpc) is 2.19. The zero-order chi connectivity index (χ0) is 11.6. The molecule has 92 valence electrons. The standard InChI is InChI=1S/C10H24O3SSi/c1-5-9-10-14-15(11-6-2,12-7-3)13-8-4/h5-10H2,1-4H3. The Kier molecular flexibility index (Phi) is 9.94. The van der Waals surface area contributed by atoms with Gasteiger partial charge >= 0.3 is 7.95 Å². The predicted molar refractivity (Wildman–Crippen MR) is 68.0 cm³/mol. The van der Waals surface area contributed by atoms with Crippen molar-refractivity contribution in [3.63, 3.8) is 0 Å².